The van der Waals surface area contributed by atoms with Gasteiger partial charge in [-0.2, -0.15) is 0 Å². The normalized spacial score (nSPS) is 19.0. The van der Waals surface area contributed by atoms with Crippen LogP contribution in [-0.4, -0.2) is 23.9 Å². The number of rotatable bonds is 23. The van der Waals surface area contributed by atoms with Crippen LogP contribution in [0, 0.1) is 0 Å². The lowest BCUT2D eigenvalue weighted by Crippen LogP contribution is -2.44. The highest BCUT2D eigenvalue weighted by Gasteiger charge is 2.52. The van der Waals surface area contributed by atoms with E-state index in [1.54, 1.807) is 36.4 Å². The second-order valence-corrected chi connectivity index (χ2v) is 14.7. The third kappa shape index (κ3) is 11.3. The maximum Gasteiger partial charge on any atom is 0.343 e. The van der Waals surface area contributed by atoms with Crippen LogP contribution in [0.1, 0.15) is 168 Å². The van der Waals surface area contributed by atoms with Crippen LogP contribution in [0.25, 0.3) is 0 Å². The van der Waals surface area contributed by atoms with Gasteiger partial charge in [-0.1, -0.05) is 140 Å². The molecule has 50 heavy (non-hydrogen) atoms. The molecule has 1 aliphatic heterocycles. The number of hydrogen-bond donors (Lipinski definition) is 0. The van der Waals surface area contributed by atoms with Gasteiger partial charge in [0.1, 0.15) is 17.8 Å². The monoisotopic (exact) mass is 682 g/mol. The molecule has 0 aliphatic carbocycles. The van der Waals surface area contributed by atoms with Gasteiger partial charge in [0.05, 0.1) is 23.2 Å². The summed E-state index contributed by atoms with van der Waals surface area (Å²) in [5, 5.41) is 14.9. The van der Waals surface area contributed by atoms with Gasteiger partial charge in [-0.15, -0.1) is 10.3 Å². The number of benzene rings is 3. The van der Waals surface area contributed by atoms with Crippen molar-refractivity contribution in [2.75, 3.05) is 6.61 Å². The molecule has 3 aromatic rings. The maximum atomic E-state index is 13.7. The number of unbranched alkanes of at least 4 members (excludes halogenated alkanes) is 15. The van der Waals surface area contributed by atoms with Crippen LogP contribution >= 0.6 is 0 Å². The summed E-state index contributed by atoms with van der Waals surface area (Å²) >= 11 is 0. The lowest BCUT2D eigenvalue weighted by molar-refractivity contribution is -0.260. The summed E-state index contributed by atoms with van der Waals surface area (Å²) in [6, 6.07) is 21.6. The first-order valence-corrected chi connectivity index (χ1v) is 19.4. The van der Waals surface area contributed by atoms with E-state index in [1.807, 2.05) is 50.2 Å². The van der Waals surface area contributed by atoms with Crippen molar-refractivity contribution < 1.29 is 24.3 Å². The molecule has 1 aliphatic rings. The zero-order chi connectivity index (χ0) is 35.7. The van der Waals surface area contributed by atoms with Gasteiger partial charge in [-0.05, 0) is 80.6 Å². The predicted molar refractivity (Wildman–Crippen MR) is 201 cm³/mol. The third-order valence-corrected chi connectivity index (χ3v) is 10.7. The highest BCUT2D eigenvalue weighted by Crippen LogP contribution is 2.51. The zero-order valence-electron chi connectivity index (χ0n) is 30.9. The molecule has 1 heterocycles. The van der Waals surface area contributed by atoms with E-state index in [4.69, 9.17) is 9.47 Å². The zero-order valence-corrected chi connectivity index (χ0v) is 30.9. The smallest absolute Gasteiger partial charge is 0.343 e. The summed E-state index contributed by atoms with van der Waals surface area (Å²) in [5.41, 5.74) is 1.36. The first-order chi connectivity index (χ1) is 24.3. The Labute approximate surface area is 301 Å². The molecule has 0 aromatic heterocycles. The van der Waals surface area contributed by atoms with E-state index in [-0.39, 0.29) is 0 Å². The van der Waals surface area contributed by atoms with Gasteiger partial charge in [0.15, 0.2) is 0 Å². The predicted octanol–water partition coefficient (Wildman–Crippen LogP) is 11.9. The van der Waals surface area contributed by atoms with Crippen LogP contribution in [0.2, 0.25) is 0 Å². The Morgan fingerprint density at radius 2 is 1.04 bits per heavy atom. The molecular weight excluding hydrogens is 622 g/mol. The summed E-state index contributed by atoms with van der Waals surface area (Å²) in [6.07, 6.45) is 23.7. The van der Waals surface area contributed by atoms with Crippen molar-refractivity contribution in [3.8, 4) is 11.5 Å². The molecule has 0 amide bonds. The van der Waals surface area contributed by atoms with Crippen molar-refractivity contribution in [1.82, 2.24) is 5.06 Å². The molecule has 0 saturated carbocycles. The van der Waals surface area contributed by atoms with Crippen molar-refractivity contribution in [2.24, 2.45) is 0 Å². The molecule has 1 fully saturated rings. The number of hydroxylamine groups is 2. The van der Waals surface area contributed by atoms with E-state index in [9.17, 15) is 14.8 Å². The minimum atomic E-state index is -0.734. The number of esters is 1. The Balaban J connectivity index is 1.09. The molecule has 6 heteroatoms. The van der Waals surface area contributed by atoms with Crippen LogP contribution in [-0.2, 0) is 16.3 Å². The summed E-state index contributed by atoms with van der Waals surface area (Å²) in [6.45, 7) is 6.87. The van der Waals surface area contributed by atoms with Gasteiger partial charge < -0.3 is 9.47 Å². The van der Waals surface area contributed by atoms with E-state index < -0.39 is 17.0 Å². The summed E-state index contributed by atoms with van der Waals surface area (Å²) in [4.78, 5) is 23.9. The molecular formula is C44H60NO5. The van der Waals surface area contributed by atoms with Gasteiger partial charge in [-0.25, -0.2) is 4.79 Å². The van der Waals surface area contributed by atoms with Crippen molar-refractivity contribution >= 4 is 12.3 Å². The van der Waals surface area contributed by atoms with E-state index in [2.05, 4.69) is 6.92 Å². The van der Waals surface area contributed by atoms with E-state index in [1.165, 1.54) is 101 Å². The Morgan fingerprint density at radius 1 is 0.620 bits per heavy atom. The SMILES string of the molecule is CCCCCCCCCCCCCCCCCCOc1ccc(C(=O)Oc2ccc([C@]3(C)CC[C@@](C)(c4ccc(C=O)cc4)N3[O])cc2)cc1. The van der Waals surface area contributed by atoms with E-state index in [0.29, 0.717) is 36.3 Å². The maximum absolute atomic E-state index is 13.7. The van der Waals surface area contributed by atoms with Gasteiger partial charge >= 0.3 is 5.97 Å². The van der Waals surface area contributed by atoms with Crippen LogP contribution in [0.15, 0.2) is 72.8 Å². The van der Waals surface area contributed by atoms with Crippen molar-refractivity contribution in [2.45, 2.75) is 147 Å². The Bertz CT molecular complexity index is 1420. The first kappa shape index (κ1) is 39.3. The molecule has 3 aromatic carbocycles. The Hall–Kier alpha value is -3.48. The van der Waals surface area contributed by atoms with Gasteiger partial charge in [0.2, 0.25) is 0 Å². The fourth-order valence-corrected chi connectivity index (χ4v) is 7.25. The minimum absolute atomic E-state index is 0.425. The van der Waals surface area contributed by atoms with Crippen molar-refractivity contribution in [3.63, 3.8) is 0 Å². The van der Waals surface area contributed by atoms with E-state index in [0.717, 1.165) is 29.6 Å². The topological polar surface area (TPSA) is 75.7 Å². The number of carbonyl (C=O) groups is 2. The minimum Gasteiger partial charge on any atom is -0.494 e. The Kier molecular flexibility index (Phi) is 16.0. The van der Waals surface area contributed by atoms with Crippen molar-refractivity contribution in [1.29, 1.82) is 0 Å². The highest BCUT2D eigenvalue weighted by atomic mass is 16.5. The number of ether oxygens (including phenoxy) is 2. The van der Waals surface area contributed by atoms with Crippen LogP contribution < -0.4 is 9.47 Å². The molecule has 1 radical (unpaired) electrons. The van der Waals surface area contributed by atoms with Gasteiger partial charge in [0.25, 0.3) is 0 Å². The van der Waals surface area contributed by atoms with Crippen LogP contribution in [0.4, 0.5) is 0 Å². The molecule has 6 nitrogen and oxygen atoms in total. The van der Waals surface area contributed by atoms with Crippen molar-refractivity contribution in [3.05, 3.63) is 95.1 Å². The summed E-state index contributed by atoms with van der Waals surface area (Å²) in [5.74, 6) is 0.741. The van der Waals surface area contributed by atoms with Gasteiger partial charge in [-0.3, -0.25) is 4.79 Å². The molecule has 1 saturated heterocycles. The summed E-state index contributed by atoms with van der Waals surface area (Å²) in [7, 11) is 0. The van der Waals surface area contributed by atoms with Crippen LogP contribution in [0.3, 0.4) is 0 Å². The van der Waals surface area contributed by atoms with Crippen LogP contribution in [0.5, 0.6) is 11.5 Å². The summed E-state index contributed by atoms with van der Waals surface area (Å²) < 4.78 is 11.6. The largest absolute Gasteiger partial charge is 0.494 e. The van der Waals surface area contributed by atoms with Gasteiger partial charge in [0, 0.05) is 5.56 Å². The first-order valence-electron chi connectivity index (χ1n) is 19.4. The molecule has 271 valence electrons. The molecule has 0 spiro atoms. The lowest BCUT2D eigenvalue weighted by Gasteiger charge is -2.37. The molecule has 4 rings (SSSR count). The highest BCUT2D eigenvalue weighted by molar-refractivity contribution is 5.91. The Morgan fingerprint density at radius 3 is 1.50 bits per heavy atom. The quantitative estimate of drug-likeness (QED) is 0.0431. The second-order valence-electron chi connectivity index (χ2n) is 14.7. The molecule has 0 bridgehead atoms. The fourth-order valence-electron chi connectivity index (χ4n) is 7.25. The molecule has 0 N–H and O–H groups in total. The van der Waals surface area contributed by atoms with E-state index >= 15 is 0 Å². The average Bonchev–Trinajstić information content (AvgIpc) is 3.39. The molecule has 0 unspecified atom stereocenters. The number of nitrogens with zero attached hydrogens (tertiary/aromatic N) is 1. The number of hydrogen-bond acceptors (Lipinski definition) is 5. The number of aldehydes is 1. The third-order valence-electron chi connectivity index (χ3n) is 10.7. The fraction of sp³-hybridized carbons (Fsp3) is 0.545. The standard InChI is InChI=1S/C44H60NO5/c1-4-5-6-7-8-9-10-11-12-13-14-15-16-17-18-19-34-49-40-28-22-37(23-29-40)42(47)50-41-30-26-39(27-31-41)44(3)33-32-43(2,45(44)48)38-24-20-36(35-46)21-25-38/h20-31,35H,4-19,32-34H2,1-3H3/t43-,44-/m0/s1. The number of carbonyl (C=O) groups excluding carboxylic acids is 2. The second kappa shape index (κ2) is 20.4. The average molecular weight is 683 g/mol. The molecule has 2 atom stereocenters. The lowest BCUT2D eigenvalue weighted by atomic mass is 9.89.